The van der Waals surface area contributed by atoms with Crippen molar-refractivity contribution in [1.29, 1.82) is 0 Å². The lowest BCUT2D eigenvalue weighted by atomic mass is 10.0. The monoisotopic (exact) mass is 437 g/mol. The second-order valence-corrected chi connectivity index (χ2v) is 8.96. The summed E-state index contributed by atoms with van der Waals surface area (Å²) in [5.41, 5.74) is 5.16. The van der Waals surface area contributed by atoms with Crippen molar-refractivity contribution in [1.82, 2.24) is 9.97 Å². The Morgan fingerprint density at radius 2 is 1.06 bits per heavy atom. The van der Waals surface area contributed by atoms with Crippen molar-refractivity contribution in [3.63, 3.8) is 0 Å². The summed E-state index contributed by atoms with van der Waals surface area (Å²) in [6.07, 6.45) is 0. The lowest BCUT2D eigenvalue weighted by molar-refractivity contribution is 0.601. The Kier molecular flexibility index (Phi) is 5.13. The van der Waals surface area contributed by atoms with Crippen molar-refractivity contribution in [3.8, 4) is 22.5 Å². The number of nitrogens with zero attached hydrogens (tertiary/aromatic N) is 2. The molecule has 0 aliphatic heterocycles. The van der Waals surface area contributed by atoms with Gasteiger partial charge in [-0.25, -0.2) is 18.4 Å². The second kappa shape index (κ2) is 8.24. The van der Waals surface area contributed by atoms with E-state index >= 15 is 0 Å². The number of hydrogen-bond acceptors (Lipinski definition) is 4. The summed E-state index contributed by atoms with van der Waals surface area (Å²) in [7, 11) is -3.69. The molecule has 5 nitrogen and oxygen atoms in total. The molecule has 0 spiro atoms. The van der Waals surface area contributed by atoms with E-state index in [2.05, 4.69) is 4.72 Å². The number of sulfonamides is 1. The molecule has 0 bridgehead atoms. The first kappa shape index (κ1) is 19.9. The molecule has 0 aliphatic carbocycles. The fraction of sp³-hybridized carbons (Fsp3) is 0. The first-order chi connectivity index (χ1) is 15.6. The van der Waals surface area contributed by atoms with Crippen LogP contribution in [0.1, 0.15) is 0 Å². The van der Waals surface area contributed by atoms with Crippen molar-refractivity contribution >= 4 is 26.7 Å². The predicted octanol–water partition coefficient (Wildman–Crippen LogP) is 5.76. The minimum Gasteiger partial charge on any atom is -0.280 e. The van der Waals surface area contributed by atoms with E-state index < -0.39 is 10.0 Å². The third-order valence-corrected chi connectivity index (χ3v) is 6.46. The maximum absolute atomic E-state index is 12.7. The number of fused-ring (bicyclic) bond motifs is 1. The van der Waals surface area contributed by atoms with Crippen LogP contribution in [0.15, 0.2) is 114 Å². The lowest BCUT2D eigenvalue weighted by Gasteiger charge is -2.12. The van der Waals surface area contributed by atoms with Crippen LogP contribution < -0.4 is 4.72 Å². The Balaban J connectivity index is 1.62. The van der Waals surface area contributed by atoms with Gasteiger partial charge >= 0.3 is 0 Å². The van der Waals surface area contributed by atoms with Crippen LogP contribution in [-0.4, -0.2) is 18.4 Å². The Hall–Kier alpha value is -4.03. The summed E-state index contributed by atoms with van der Waals surface area (Å²) in [5.74, 6) is 0. The Morgan fingerprint density at radius 3 is 1.62 bits per heavy atom. The zero-order valence-corrected chi connectivity index (χ0v) is 17.8. The molecular weight excluding hydrogens is 418 g/mol. The number of benzene rings is 4. The fourth-order valence-electron chi connectivity index (χ4n) is 3.53. The number of rotatable bonds is 5. The molecule has 1 aromatic heterocycles. The maximum Gasteiger partial charge on any atom is 0.261 e. The molecule has 0 saturated heterocycles. The summed E-state index contributed by atoms with van der Waals surface area (Å²) in [4.78, 5) is 9.97. The lowest BCUT2D eigenvalue weighted by Crippen LogP contribution is -2.12. The van der Waals surface area contributed by atoms with Gasteiger partial charge in [0.1, 0.15) is 0 Å². The fourth-order valence-corrected chi connectivity index (χ4v) is 4.60. The molecule has 32 heavy (non-hydrogen) atoms. The largest absolute Gasteiger partial charge is 0.280 e. The molecular formula is C26H19N3O2S. The Morgan fingerprint density at radius 1 is 0.562 bits per heavy atom. The standard InChI is InChI=1S/C26H19N3O2S/c30-32(31,22-14-8-3-9-15-22)29-21-16-17-23-24(18-21)28-26(20-12-6-2-7-13-20)25(27-23)19-10-4-1-5-11-19/h1-18,29H. The molecule has 1 N–H and O–H groups in total. The molecule has 6 heteroatoms. The van der Waals surface area contributed by atoms with E-state index in [1.807, 2.05) is 60.7 Å². The van der Waals surface area contributed by atoms with Crippen molar-refractivity contribution in [3.05, 3.63) is 109 Å². The molecule has 5 rings (SSSR count). The van der Waals surface area contributed by atoms with E-state index in [1.54, 1.807) is 48.5 Å². The normalized spacial score (nSPS) is 11.4. The summed E-state index contributed by atoms with van der Waals surface area (Å²) in [6, 6.07) is 33.2. The Bertz CT molecular complexity index is 1490. The van der Waals surface area contributed by atoms with E-state index in [9.17, 15) is 8.42 Å². The first-order valence-corrected chi connectivity index (χ1v) is 11.6. The van der Waals surface area contributed by atoms with E-state index in [1.165, 1.54) is 0 Å². The number of nitrogens with one attached hydrogen (secondary N) is 1. The van der Waals surface area contributed by atoms with E-state index in [0.717, 1.165) is 22.5 Å². The zero-order chi connectivity index (χ0) is 22.0. The molecule has 0 amide bonds. The maximum atomic E-state index is 12.7. The van der Waals surface area contributed by atoms with E-state index in [0.29, 0.717) is 16.7 Å². The van der Waals surface area contributed by atoms with Gasteiger partial charge in [-0.1, -0.05) is 78.9 Å². The van der Waals surface area contributed by atoms with Crippen molar-refractivity contribution in [2.24, 2.45) is 0 Å². The van der Waals surface area contributed by atoms with Crippen LogP contribution in [0.5, 0.6) is 0 Å². The van der Waals surface area contributed by atoms with Crippen LogP contribution in [0.3, 0.4) is 0 Å². The molecule has 5 aromatic rings. The quantitative estimate of drug-likeness (QED) is 0.379. The average molecular weight is 438 g/mol. The highest BCUT2D eigenvalue weighted by Gasteiger charge is 2.16. The molecule has 1 heterocycles. The van der Waals surface area contributed by atoms with E-state index in [-0.39, 0.29) is 4.90 Å². The third-order valence-electron chi connectivity index (χ3n) is 5.06. The van der Waals surface area contributed by atoms with E-state index in [4.69, 9.17) is 9.97 Å². The van der Waals surface area contributed by atoms with Crippen LogP contribution in [0.4, 0.5) is 5.69 Å². The van der Waals surface area contributed by atoms with Gasteiger partial charge in [0.05, 0.1) is 33.0 Å². The van der Waals surface area contributed by atoms with Crippen molar-refractivity contribution < 1.29 is 8.42 Å². The third kappa shape index (κ3) is 3.96. The van der Waals surface area contributed by atoms with Gasteiger partial charge in [-0.3, -0.25) is 4.72 Å². The minimum atomic E-state index is -3.69. The molecule has 0 aliphatic rings. The summed E-state index contributed by atoms with van der Waals surface area (Å²) < 4.78 is 28.1. The van der Waals surface area contributed by atoms with Gasteiger partial charge in [-0.2, -0.15) is 0 Å². The highest BCUT2D eigenvalue weighted by molar-refractivity contribution is 7.92. The number of anilines is 1. The first-order valence-electron chi connectivity index (χ1n) is 10.1. The molecule has 4 aromatic carbocycles. The highest BCUT2D eigenvalue weighted by Crippen LogP contribution is 2.31. The SMILES string of the molecule is O=S(=O)(Nc1ccc2nc(-c3ccccc3)c(-c3ccccc3)nc2c1)c1ccccc1. The van der Waals surface area contributed by atoms with Gasteiger partial charge in [0.15, 0.2) is 0 Å². The number of hydrogen-bond donors (Lipinski definition) is 1. The van der Waals surface area contributed by atoms with Crippen molar-refractivity contribution in [2.45, 2.75) is 4.90 Å². The topological polar surface area (TPSA) is 72.0 Å². The summed E-state index contributed by atoms with van der Waals surface area (Å²) in [5, 5.41) is 0. The Labute approximate surface area is 186 Å². The molecule has 0 atom stereocenters. The smallest absolute Gasteiger partial charge is 0.261 e. The predicted molar refractivity (Wildman–Crippen MR) is 128 cm³/mol. The zero-order valence-electron chi connectivity index (χ0n) is 17.0. The molecule has 0 fully saturated rings. The van der Waals surface area contributed by atoms with Gasteiger partial charge in [0.25, 0.3) is 10.0 Å². The molecule has 156 valence electrons. The van der Waals surface area contributed by atoms with Gasteiger partial charge in [-0.15, -0.1) is 0 Å². The van der Waals surface area contributed by atoms with Gasteiger partial charge in [0.2, 0.25) is 0 Å². The average Bonchev–Trinajstić information content (AvgIpc) is 2.84. The van der Waals surface area contributed by atoms with Crippen LogP contribution in [0.2, 0.25) is 0 Å². The van der Waals surface area contributed by atoms with Crippen LogP contribution >= 0.6 is 0 Å². The van der Waals surface area contributed by atoms with Gasteiger partial charge in [-0.05, 0) is 30.3 Å². The highest BCUT2D eigenvalue weighted by atomic mass is 32.2. The van der Waals surface area contributed by atoms with Gasteiger partial charge in [0, 0.05) is 11.1 Å². The van der Waals surface area contributed by atoms with Crippen molar-refractivity contribution in [2.75, 3.05) is 4.72 Å². The molecule has 0 radical (unpaired) electrons. The summed E-state index contributed by atoms with van der Waals surface area (Å²) in [6.45, 7) is 0. The minimum absolute atomic E-state index is 0.204. The number of aromatic nitrogens is 2. The summed E-state index contributed by atoms with van der Waals surface area (Å²) >= 11 is 0. The molecule has 0 saturated carbocycles. The van der Waals surface area contributed by atoms with Crippen LogP contribution in [0.25, 0.3) is 33.5 Å². The van der Waals surface area contributed by atoms with Crippen LogP contribution in [-0.2, 0) is 10.0 Å². The molecule has 0 unspecified atom stereocenters. The second-order valence-electron chi connectivity index (χ2n) is 7.27. The van der Waals surface area contributed by atoms with Crippen LogP contribution in [0, 0.1) is 0 Å². The van der Waals surface area contributed by atoms with Gasteiger partial charge < -0.3 is 0 Å².